The first kappa shape index (κ1) is 18.6. The molecule has 1 aromatic carbocycles. The number of thiophene rings is 1. The molecule has 0 aliphatic heterocycles. The lowest BCUT2D eigenvalue weighted by Gasteiger charge is -2.09. The maximum absolute atomic E-state index is 12.0. The van der Waals surface area contributed by atoms with Crippen molar-refractivity contribution >= 4 is 40.5 Å². The van der Waals surface area contributed by atoms with E-state index in [0.717, 1.165) is 22.2 Å². The predicted molar refractivity (Wildman–Crippen MR) is 116 cm³/mol. The molecule has 0 saturated carbocycles. The van der Waals surface area contributed by atoms with Crippen molar-refractivity contribution in [3.63, 3.8) is 0 Å². The van der Waals surface area contributed by atoms with Gasteiger partial charge in [-0.05, 0) is 48.7 Å². The number of aromatic nitrogens is 4. The number of hydrogen-bond acceptors (Lipinski definition) is 6. The van der Waals surface area contributed by atoms with Crippen molar-refractivity contribution in [3.8, 4) is 5.82 Å². The molecule has 0 spiro atoms. The smallest absolute Gasteiger partial charge is 0.248 e. The van der Waals surface area contributed by atoms with Crippen molar-refractivity contribution < 1.29 is 4.79 Å². The summed E-state index contributed by atoms with van der Waals surface area (Å²) in [5.74, 6) is 2.08. The first-order valence-electron chi connectivity index (χ1n) is 8.89. The SMILES string of the molecule is Cc1nccn1-c1cc(Nc2ccc(NC(=O)/C=C/c3cccs3)cc2)ncn1. The Balaban J connectivity index is 1.40. The summed E-state index contributed by atoms with van der Waals surface area (Å²) in [6, 6.07) is 13.2. The quantitative estimate of drug-likeness (QED) is 0.466. The zero-order valence-electron chi connectivity index (χ0n) is 15.6. The number of anilines is 3. The molecule has 29 heavy (non-hydrogen) atoms. The van der Waals surface area contributed by atoms with Gasteiger partial charge in [-0.1, -0.05) is 6.07 Å². The van der Waals surface area contributed by atoms with Crippen LogP contribution in [-0.4, -0.2) is 25.4 Å². The lowest BCUT2D eigenvalue weighted by Crippen LogP contribution is -2.07. The molecule has 7 nitrogen and oxygen atoms in total. The zero-order valence-corrected chi connectivity index (χ0v) is 16.4. The molecule has 4 aromatic rings. The van der Waals surface area contributed by atoms with Crippen LogP contribution >= 0.6 is 11.3 Å². The molecule has 1 amide bonds. The number of amides is 1. The maximum atomic E-state index is 12.0. The molecule has 0 atom stereocenters. The molecular formula is C21H18N6OS. The van der Waals surface area contributed by atoms with Crippen molar-refractivity contribution in [1.82, 2.24) is 19.5 Å². The third-order valence-electron chi connectivity index (χ3n) is 4.09. The monoisotopic (exact) mass is 402 g/mol. The molecule has 0 aliphatic carbocycles. The first-order valence-corrected chi connectivity index (χ1v) is 9.77. The molecule has 8 heteroatoms. The van der Waals surface area contributed by atoms with Gasteiger partial charge in [0.2, 0.25) is 5.91 Å². The van der Waals surface area contributed by atoms with Crippen molar-refractivity contribution in [2.45, 2.75) is 6.92 Å². The number of imidazole rings is 1. The number of benzene rings is 1. The maximum Gasteiger partial charge on any atom is 0.248 e. The van der Waals surface area contributed by atoms with Gasteiger partial charge in [0.15, 0.2) is 0 Å². The number of nitrogens with one attached hydrogen (secondary N) is 2. The number of hydrogen-bond donors (Lipinski definition) is 2. The normalized spacial score (nSPS) is 10.9. The zero-order chi connectivity index (χ0) is 20.1. The average Bonchev–Trinajstić information content (AvgIpc) is 3.40. The lowest BCUT2D eigenvalue weighted by molar-refractivity contribution is -0.111. The Bertz CT molecular complexity index is 1130. The molecule has 2 N–H and O–H groups in total. The molecule has 4 rings (SSSR count). The van der Waals surface area contributed by atoms with Gasteiger partial charge in [-0.2, -0.15) is 0 Å². The molecular weight excluding hydrogens is 384 g/mol. The Morgan fingerprint density at radius 1 is 1.10 bits per heavy atom. The number of aryl methyl sites for hydroxylation is 1. The van der Waals surface area contributed by atoms with Crippen LogP contribution in [0, 0.1) is 6.92 Å². The van der Waals surface area contributed by atoms with E-state index >= 15 is 0 Å². The first-order chi connectivity index (χ1) is 14.2. The Kier molecular flexibility index (Phi) is 5.44. The van der Waals surface area contributed by atoms with Crippen molar-refractivity contribution in [1.29, 1.82) is 0 Å². The summed E-state index contributed by atoms with van der Waals surface area (Å²) in [7, 11) is 0. The fraction of sp³-hybridized carbons (Fsp3) is 0.0476. The van der Waals surface area contributed by atoms with Gasteiger partial charge in [-0.3, -0.25) is 9.36 Å². The van der Waals surface area contributed by atoms with Crippen LogP contribution in [0.5, 0.6) is 0 Å². The van der Waals surface area contributed by atoms with Gasteiger partial charge in [0, 0.05) is 40.8 Å². The molecule has 0 saturated heterocycles. The van der Waals surface area contributed by atoms with E-state index in [1.54, 1.807) is 23.6 Å². The minimum absolute atomic E-state index is 0.171. The molecule has 144 valence electrons. The van der Waals surface area contributed by atoms with Crippen LogP contribution in [0.1, 0.15) is 10.7 Å². The van der Waals surface area contributed by atoms with Crippen LogP contribution in [0.2, 0.25) is 0 Å². The van der Waals surface area contributed by atoms with E-state index in [9.17, 15) is 4.79 Å². The third-order valence-corrected chi connectivity index (χ3v) is 4.93. The van der Waals surface area contributed by atoms with E-state index < -0.39 is 0 Å². The van der Waals surface area contributed by atoms with Crippen molar-refractivity contribution in [3.05, 3.63) is 83.3 Å². The molecule has 0 aliphatic rings. The van der Waals surface area contributed by atoms with E-state index in [0.29, 0.717) is 11.5 Å². The number of rotatable bonds is 6. The Labute approximate surface area is 171 Å². The number of carbonyl (C=O) groups excluding carboxylic acids is 1. The fourth-order valence-corrected chi connectivity index (χ4v) is 3.30. The molecule has 0 radical (unpaired) electrons. The van der Waals surface area contributed by atoms with Crippen LogP contribution in [0.15, 0.2) is 72.6 Å². The minimum atomic E-state index is -0.171. The highest BCUT2D eigenvalue weighted by Crippen LogP contribution is 2.19. The fourth-order valence-electron chi connectivity index (χ4n) is 2.68. The highest BCUT2D eigenvalue weighted by Gasteiger charge is 2.05. The summed E-state index contributed by atoms with van der Waals surface area (Å²) in [5, 5.41) is 8.06. The van der Waals surface area contributed by atoms with Gasteiger partial charge in [-0.15, -0.1) is 11.3 Å². The summed E-state index contributed by atoms with van der Waals surface area (Å²) in [6.07, 6.45) is 8.41. The Hall–Kier alpha value is -3.78. The molecule has 0 bridgehead atoms. The van der Waals surface area contributed by atoms with Gasteiger partial charge < -0.3 is 10.6 Å². The van der Waals surface area contributed by atoms with E-state index in [1.165, 1.54) is 12.4 Å². The highest BCUT2D eigenvalue weighted by atomic mass is 32.1. The second-order valence-electron chi connectivity index (χ2n) is 6.15. The molecule has 3 aromatic heterocycles. The second-order valence-corrected chi connectivity index (χ2v) is 7.13. The number of nitrogens with zero attached hydrogens (tertiary/aromatic N) is 4. The summed E-state index contributed by atoms with van der Waals surface area (Å²) in [5.41, 5.74) is 1.57. The van der Waals surface area contributed by atoms with Crippen molar-refractivity contribution in [2.24, 2.45) is 0 Å². The van der Waals surface area contributed by atoms with Crippen LogP contribution in [-0.2, 0) is 4.79 Å². The summed E-state index contributed by atoms with van der Waals surface area (Å²) in [4.78, 5) is 25.8. The van der Waals surface area contributed by atoms with Gasteiger partial charge in [0.05, 0.1) is 0 Å². The highest BCUT2D eigenvalue weighted by molar-refractivity contribution is 7.10. The largest absolute Gasteiger partial charge is 0.340 e. The topological polar surface area (TPSA) is 84.7 Å². The van der Waals surface area contributed by atoms with Crippen LogP contribution in [0.3, 0.4) is 0 Å². The number of carbonyl (C=O) groups is 1. The van der Waals surface area contributed by atoms with Crippen LogP contribution in [0.25, 0.3) is 11.9 Å². The molecule has 0 fully saturated rings. The van der Waals surface area contributed by atoms with E-state index in [2.05, 4.69) is 25.6 Å². The third kappa shape index (κ3) is 4.74. The average molecular weight is 402 g/mol. The lowest BCUT2D eigenvalue weighted by atomic mass is 10.2. The minimum Gasteiger partial charge on any atom is -0.340 e. The van der Waals surface area contributed by atoms with Gasteiger partial charge in [-0.25, -0.2) is 15.0 Å². The molecule has 0 unspecified atom stereocenters. The van der Waals surface area contributed by atoms with Crippen molar-refractivity contribution in [2.75, 3.05) is 10.6 Å². The van der Waals surface area contributed by atoms with Gasteiger partial charge in [0.1, 0.15) is 23.8 Å². The van der Waals surface area contributed by atoms with E-state index in [4.69, 9.17) is 0 Å². The summed E-state index contributed by atoms with van der Waals surface area (Å²) < 4.78 is 1.88. The predicted octanol–water partition coefficient (Wildman–Crippen LogP) is 4.43. The standard InChI is InChI=1S/C21H18N6OS/c1-15-22-10-11-27(15)20-13-19(23-14-24-20)25-16-4-6-17(7-5-16)26-21(28)9-8-18-3-2-12-29-18/h2-14H,1H3,(H,26,28)(H,23,24,25)/b9-8+. The van der Waals surface area contributed by atoms with Gasteiger partial charge >= 0.3 is 0 Å². The molecule has 3 heterocycles. The van der Waals surface area contributed by atoms with E-state index in [1.807, 2.05) is 65.5 Å². The van der Waals surface area contributed by atoms with Crippen LogP contribution < -0.4 is 10.6 Å². The van der Waals surface area contributed by atoms with E-state index in [-0.39, 0.29) is 5.91 Å². The summed E-state index contributed by atoms with van der Waals surface area (Å²) in [6.45, 7) is 1.91. The second kappa shape index (κ2) is 8.49. The Morgan fingerprint density at radius 2 is 1.93 bits per heavy atom. The van der Waals surface area contributed by atoms with Crippen LogP contribution in [0.4, 0.5) is 17.2 Å². The summed E-state index contributed by atoms with van der Waals surface area (Å²) >= 11 is 1.58. The Morgan fingerprint density at radius 3 is 2.66 bits per heavy atom. The van der Waals surface area contributed by atoms with Gasteiger partial charge in [0.25, 0.3) is 0 Å².